The average molecular weight is 606 g/mol. The number of benzene rings is 3. The molecule has 0 amide bonds. The molecule has 0 bridgehead atoms. The van der Waals surface area contributed by atoms with Crippen molar-refractivity contribution in [2.24, 2.45) is 0 Å². The maximum absolute atomic E-state index is 11.7. The first-order valence-electron chi connectivity index (χ1n) is 14.6. The summed E-state index contributed by atoms with van der Waals surface area (Å²) in [6.07, 6.45) is 6.12. The van der Waals surface area contributed by atoms with Gasteiger partial charge in [0.15, 0.2) is 35.7 Å². The van der Waals surface area contributed by atoms with Crippen LogP contribution in [0.3, 0.4) is 0 Å². The van der Waals surface area contributed by atoms with Crippen LogP contribution in [0.1, 0.15) is 37.3 Å². The largest absolute Gasteiger partial charge is 1.00 e. The number of aromatic nitrogens is 1. The van der Waals surface area contributed by atoms with Crippen LogP contribution in [0, 0.1) is 0 Å². The highest BCUT2D eigenvalue weighted by molar-refractivity contribution is 5.91. The van der Waals surface area contributed by atoms with Crippen molar-refractivity contribution in [1.82, 2.24) is 0 Å². The summed E-state index contributed by atoms with van der Waals surface area (Å²) in [6.45, 7) is 4.53. The Morgan fingerprint density at radius 1 is 0.953 bits per heavy atom. The molecular formula is C34H36ClNO7. The Kier molecular flexibility index (Phi) is 9.77. The van der Waals surface area contributed by atoms with E-state index in [0.29, 0.717) is 19.8 Å². The second kappa shape index (κ2) is 13.9. The average Bonchev–Trinajstić information content (AvgIpc) is 3.46. The molecule has 0 N–H and O–H groups in total. The SMILES string of the molecule is CCOC(=O)Cc1cccc(OCCCCCOc2c(OC)ccc3cc4[n+](cc23)CCc2cc3c(cc2-4)OCO3)c1.[Cl-]. The molecular weight excluding hydrogens is 570 g/mol. The van der Waals surface area contributed by atoms with Crippen LogP contribution in [-0.2, 0) is 28.9 Å². The Morgan fingerprint density at radius 3 is 2.58 bits per heavy atom. The fraction of sp³-hybridized carbons (Fsp3) is 0.353. The number of rotatable bonds is 12. The topological polar surface area (TPSA) is 76.3 Å². The summed E-state index contributed by atoms with van der Waals surface area (Å²) in [5.74, 6) is 3.67. The van der Waals surface area contributed by atoms with Crippen molar-refractivity contribution in [2.75, 3.05) is 33.7 Å². The highest BCUT2D eigenvalue weighted by Crippen LogP contribution is 2.41. The second-order valence-corrected chi connectivity index (χ2v) is 10.5. The quantitative estimate of drug-likeness (QED) is 0.140. The third-order valence-corrected chi connectivity index (χ3v) is 7.65. The van der Waals surface area contributed by atoms with Crippen LogP contribution in [0.15, 0.2) is 60.8 Å². The van der Waals surface area contributed by atoms with Gasteiger partial charge in [0.25, 0.3) is 0 Å². The number of nitrogens with zero attached hydrogens (tertiary/aromatic N) is 1. The van der Waals surface area contributed by atoms with Crippen LogP contribution in [-0.4, -0.2) is 39.7 Å². The number of hydrogen-bond acceptors (Lipinski definition) is 7. The number of carbonyl (C=O) groups excluding carboxylic acids is 1. The van der Waals surface area contributed by atoms with Crippen molar-refractivity contribution in [2.45, 2.75) is 45.6 Å². The first kappa shape index (κ1) is 30.3. The van der Waals surface area contributed by atoms with Crippen molar-refractivity contribution in [1.29, 1.82) is 0 Å². The van der Waals surface area contributed by atoms with Crippen molar-refractivity contribution in [3.63, 3.8) is 0 Å². The number of halogens is 1. The lowest BCUT2D eigenvalue weighted by Gasteiger charge is -2.18. The molecule has 8 nitrogen and oxygen atoms in total. The number of fused-ring (bicyclic) bond motifs is 5. The number of ether oxygens (including phenoxy) is 6. The van der Waals surface area contributed by atoms with Gasteiger partial charge in [-0.25, -0.2) is 0 Å². The fourth-order valence-electron chi connectivity index (χ4n) is 5.58. The van der Waals surface area contributed by atoms with E-state index >= 15 is 0 Å². The first-order chi connectivity index (χ1) is 20.6. The minimum Gasteiger partial charge on any atom is -1.00 e. The molecule has 2 aliphatic rings. The van der Waals surface area contributed by atoms with E-state index in [1.54, 1.807) is 7.11 Å². The van der Waals surface area contributed by atoms with Gasteiger partial charge in [-0.05, 0) is 79.1 Å². The highest BCUT2D eigenvalue weighted by Gasteiger charge is 2.28. The minimum absolute atomic E-state index is 0. The van der Waals surface area contributed by atoms with Crippen LogP contribution in [0.5, 0.6) is 28.7 Å². The third kappa shape index (κ3) is 6.75. The van der Waals surface area contributed by atoms with Gasteiger partial charge in [-0.1, -0.05) is 12.1 Å². The molecule has 3 heterocycles. The van der Waals surface area contributed by atoms with E-state index in [1.807, 2.05) is 37.3 Å². The molecule has 0 unspecified atom stereocenters. The van der Waals surface area contributed by atoms with Gasteiger partial charge in [0, 0.05) is 12.5 Å². The summed E-state index contributed by atoms with van der Waals surface area (Å²) < 4.78 is 36.5. The lowest BCUT2D eigenvalue weighted by molar-refractivity contribution is -0.686. The van der Waals surface area contributed by atoms with E-state index in [2.05, 4.69) is 35.0 Å². The Morgan fingerprint density at radius 2 is 1.77 bits per heavy atom. The van der Waals surface area contributed by atoms with Gasteiger partial charge in [-0.2, -0.15) is 4.57 Å². The molecule has 0 spiro atoms. The molecule has 0 aliphatic carbocycles. The molecule has 0 atom stereocenters. The van der Waals surface area contributed by atoms with Gasteiger partial charge in [-0.3, -0.25) is 4.79 Å². The summed E-state index contributed by atoms with van der Waals surface area (Å²) in [6, 6.07) is 18.1. The number of esters is 1. The Bertz CT molecular complexity index is 1610. The zero-order valence-corrected chi connectivity index (χ0v) is 25.3. The molecule has 0 saturated carbocycles. The van der Waals surface area contributed by atoms with Gasteiger partial charge in [0.05, 0.1) is 44.3 Å². The molecule has 3 aromatic carbocycles. The number of methoxy groups -OCH3 is 1. The number of aryl methyl sites for hydroxylation is 2. The van der Waals surface area contributed by atoms with E-state index < -0.39 is 0 Å². The van der Waals surface area contributed by atoms with Crippen molar-refractivity contribution >= 4 is 16.7 Å². The lowest BCUT2D eigenvalue weighted by atomic mass is 9.95. The van der Waals surface area contributed by atoms with Crippen LogP contribution < -0.4 is 40.7 Å². The van der Waals surface area contributed by atoms with Crippen LogP contribution in [0.25, 0.3) is 22.0 Å². The fourth-order valence-corrected chi connectivity index (χ4v) is 5.58. The summed E-state index contributed by atoms with van der Waals surface area (Å²) in [5, 5.41) is 2.13. The normalized spacial score (nSPS) is 12.6. The Balaban J connectivity index is 0.00000368. The lowest BCUT2D eigenvalue weighted by Crippen LogP contribution is -3.00. The third-order valence-electron chi connectivity index (χ3n) is 7.65. The molecule has 0 radical (unpaired) electrons. The van der Waals surface area contributed by atoms with Crippen LogP contribution >= 0.6 is 0 Å². The number of carbonyl (C=O) groups is 1. The van der Waals surface area contributed by atoms with E-state index in [4.69, 9.17) is 28.4 Å². The van der Waals surface area contributed by atoms with E-state index in [-0.39, 0.29) is 31.6 Å². The number of pyridine rings is 1. The van der Waals surface area contributed by atoms with Crippen molar-refractivity contribution in [3.05, 3.63) is 71.9 Å². The summed E-state index contributed by atoms with van der Waals surface area (Å²) >= 11 is 0. The summed E-state index contributed by atoms with van der Waals surface area (Å²) in [4.78, 5) is 11.7. The zero-order valence-electron chi connectivity index (χ0n) is 24.5. The van der Waals surface area contributed by atoms with Crippen molar-refractivity contribution in [3.8, 4) is 40.0 Å². The predicted molar refractivity (Wildman–Crippen MR) is 158 cm³/mol. The maximum atomic E-state index is 11.7. The Labute approximate surface area is 257 Å². The molecule has 226 valence electrons. The zero-order chi connectivity index (χ0) is 28.9. The molecule has 43 heavy (non-hydrogen) atoms. The van der Waals surface area contributed by atoms with Gasteiger partial charge in [0.1, 0.15) is 5.75 Å². The molecule has 2 aliphatic heterocycles. The second-order valence-electron chi connectivity index (χ2n) is 10.5. The van der Waals surface area contributed by atoms with E-state index in [0.717, 1.165) is 83.0 Å². The first-order valence-corrected chi connectivity index (χ1v) is 14.6. The molecule has 1 aromatic heterocycles. The van der Waals surface area contributed by atoms with Crippen molar-refractivity contribution < 1.29 is 50.2 Å². The summed E-state index contributed by atoms with van der Waals surface area (Å²) in [5.41, 5.74) is 4.50. The highest BCUT2D eigenvalue weighted by atomic mass is 35.5. The molecule has 0 saturated heterocycles. The maximum Gasteiger partial charge on any atom is 0.310 e. The summed E-state index contributed by atoms with van der Waals surface area (Å²) in [7, 11) is 1.68. The van der Waals surface area contributed by atoms with Gasteiger partial charge >= 0.3 is 5.97 Å². The molecule has 9 heteroatoms. The molecule has 6 rings (SSSR count). The van der Waals surface area contributed by atoms with E-state index in [9.17, 15) is 4.79 Å². The standard InChI is InChI=1S/C34H36NO7.ClH/c1-3-38-33(36)17-23-8-7-9-26(16-23)39-14-5-4-6-15-40-34-28-21-35-13-12-25-19-31-32(42-22-41-31)20-27(25)29(35)18-24(28)10-11-30(34)37-2;/h7-11,16,18-21H,3-6,12-15,17,22H2,1-2H3;1H/q+1;/p-1. The van der Waals surface area contributed by atoms with E-state index in [1.165, 1.54) is 11.1 Å². The van der Waals surface area contributed by atoms with Crippen LogP contribution in [0.2, 0.25) is 0 Å². The Hall–Kier alpha value is -4.17. The monoisotopic (exact) mass is 605 g/mol. The van der Waals surface area contributed by atoms with Crippen LogP contribution in [0.4, 0.5) is 0 Å². The van der Waals surface area contributed by atoms with Gasteiger partial charge in [0.2, 0.25) is 12.5 Å². The number of unbranched alkanes of at least 4 members (excludes halogenated alkanes) is 2. The van der Waals surface area contributed by atoms with Gasteiger partial charge < -0.3 is 40.8 Å². The minimum atomic E-state index is -0.227. The molecule has 4 aromatic rings. The molecule has 0 fully saturated rings. The number of hydrogen-bond donors (Lipinski definition) is 0. The smallest absolute Gasteiger partial charge is 0.310 e. The predicted octanol–water partition coefficient (Wildman–Crippen LogP) is 2.83. The van der Waals surface area contributed by atoms with Gasteiger partial charge in [-0.15, -0.1) is 0 Å².